The van der Waals surface area contributed by atoms with Crippen molar-refractivity contribution in [2.24, 2.45) is 5.92 Å². The van der Waals surface area contributed by atoms with Crippen LogP contribution in [0.2, 0.25) is 0 Å². The predicted octanol–water partition coefficient (Wildman–Crippen LogP) is 2.18. The molecule has 0 aromatic carbocycles. The summed E-state index contributed by atoms with van der Waals surface area (Å²) in [5.41, 5.74) is 2.38. The van der Waals surface area contributed by atoms with Crippen LogP contribution in [0.1, 0.15) is 44.9 Å². The normalized spacial score (nSPS) is 17.7. The van der Waals surface area contributed by atoms with E-state index in [1.807, 2.05) is 6.20 Å². The third-order valence-electron chi connectivity index (χ3n) is 4.58. The highest BCUT2D eigenvalue weighted by atomic mass is 32.2. The van der Waals surface area contributed by atoms with Crippen molar-refractivity contribution < 1.29 is 8.42 Å². The number of nitrogens with zero attached hydrogens (tertiary/aromatic N) is 2. The Balaban J connectivity index is 1.75. The minimum absolute atomic E-state index is 0.361. The Kier molecular flexibility index (Phi) is 6.56. The van der Waals surface area contributed by atoms with Crippen LogP contribution in [0.5, 0.6) is 0 Å². The van der Waals surface area contributed by atoms with E-state index in [4.69, 9.17) is 0 Å². The fourth-order valence-electron chi connectivity index (χ4n) is 2.74. The van der Waals surface area contributed by atoms with Gasteiger partial charge in [-0.05, 0) is 63.7 Å². The summed E-state index contributed by atoms with van der Waals surface area (Å²) in [4.78, 5) is 6.92. The van der Waals surface area contributed by atoms with Crippen LogP contribution in [0.15, 0.2) is 18.3 Å². The molecule has 0 radical (unpaired) electrons. The van der Waals surface area contributed by atoms with E-state index in [1.165, 1.54) is 5.56 Å². The van der Waals surface area contributed by atoms with Gasteiger partial charge in [-0.1, -0.05) is 13.0 Å². The van der Waals surface area contributed by atoms with Crippen LogP contribution in [0.4, 0.5) is 0 Å². The van der Waals surface area contributed by atoms with Crippen LogP contribution in [0.25, 0.3) is 0 Å². The number of pyridine rings is 1. The lowest BCUT2D eigenvalue weighted by molar-refractivity contribution is 0.177. The summed E-state index contributed by atoms with van der Waals surface area (Å²) in [5.74, 6) is 0.440. The van der Waals surface area contributed by atoms with Gasteiger partial charge in [0.1, 0.15) is 0 Å². The SMILES string of the molecule is CCc1ccc(CN2CCC(CNS(=O)(=O)C(C)C)CC2)nc1. The van der Waals surface area contributed by atoms with Crippen LogP contribution < -0.4 is 4.72 Å². The monoisotopic (exact) mass is 339 g/mol. The van der Waals surface area contributed by atoms with Crippen molar-refractivity contribution in [2.75, 3.05) is 19.6 Å². The van der Waals surface area contributed by atoms with E-state index in [1.54, 1.807) is 13.8 Å². The third kappa shape index (κ3) is 5.55. The molecule has 2 heterocycles. The third-order valence-corrected chi connectivity index (χ3v) is 6.39. The number of sulfonamides is 1. The van der Waals surface area contributed by atoms with E-state index in [9.17, 15) is 8.42 Å². The maximum absolute atomic E-state index is 11.8. The smallest absolute Gasteiger partial charge is 0.213 e. The molecular weight excluding hydrogens is 310 g/mol. The van der Waals surface area contributed by atoms with Crippen molar-refractivity contribution in [1.29, 1.82) is 0 Å². The summed E-state index contributed by atoms with van der Waals surface area (Å²) < 4.78 is 26.3. The van der Waals surface area contributed by atoms with Gasteiger partial charge in [0.15, 0.2) is 0 Å². The summed E-state index contributed by atoms with van der Waals surface area (Å²) in [6.45, 7) is 9.02. The molecule has 1 fully saturated rings. The Hall–Kier alpha value is -0.980. The molecule has 1 aromatic heterocycles. The van der Waals surface area contributed by atoms with E-state index >= 15 is 0 Å². The number of aryl methyl sites for hydroxylation is 1. The molecular formula is C17H29N3O2S. The second-order valence-electron chi connectivity index (χ2n) is 6.67. The van der Waals surface area contributed by atoms with Gasteiger partial charge in [0.25, 0.3) is 0 Å². The van der Waals surface area contributed by atoms with Crippen molar-refractivity contribution >= 4 is 10.0 Å². The van der Waals surface area contributed by atoms with Gasteiger partial charge in [-0.2, -0.15) is 0 Å². The van der Waals surface area contributed by atoms with Gasteiger partial charge in [-0.15, -0.1) is 0 Å². The van der Waals surface area contributed by atoms with Crippen molar-refractivity contribution in [1.82, 2.24) is 14.6 Å². The summed E-state index contributed by atoms with van der Waals surface area (Å²) >= 11 is 0. The molecule has 1 aliphatic rings. The number of piperidine rings is 1. The zero-order valence-corrected chi connectivity index (χ0v) is 15.3. The molecule has 5 nitrogen and oxygen atoms in total. The number of nitrogens with one attached hydrogen (secondary N) is 1. The van der Waals surface area contributed by atoms with E-state index in [-0.39, 0.29) is 5.25 Å². The molecule has 0 unspecified atom stereocenters. The molecule has 130 valence electrons. The Morgan fingerprint density at radius 2 is 2.00 bits per heavy atom. The first-order valence-electron chi connectivity index (χ1n) is 8.55. The Bertz CT molecular complexity index is 576. The van der Waals surface area contributed by atoms with Gasteiger partial charge in [-0.25, -0.2) is 13.1 Å². The minimum atomic E-state index is -3.14. The van der Waals surface area contributed by atoms with Crippen molar-refractivity contribution in [2.45, 2.75) is 51.8 Å². The van der Waals surface area contributed by atoms with Crippen molar-refractivity contribution in [3.63, 3.8) is 0 Å². The molecule has 1 N–H and O–H groups in total. The van der Waals surface area contributed by atoms with E-state index < -0.39 is 10.0 Å². The largest absolute Gasteiger partial charge is 0.297 e. The summed E-state index contributed by atoms with van der Waals surface area (Å²) in [7, 11) is -3.14. The van der Waals surface area contributed by atoms with Gasteiger partial charge < -0.3 is 0 Å². The second kappa shape index (κ2) is 8.22. The standard InChI is InChI=1S/C17H29N3O2S/c1-4-15-5-6-17(18-11-15)13-20-9-7-16(8-10-20)12-19-23(21,22)14(2)3/h5-6,11,14,16,19H,4,7-10,12-13H2,1-3H3. The predicted molar refractivity (Wildman–Crippen MR) is 93.7 cm³/mol. The number of rotatable bonds is 7. The lowest BCUT2D eigenvalue weighted by Crippen LogP contribution is -2.40. The fraction of sp³-hybridized carbons (Fsp3) is 0.706. The van der Waals surface area contributed by atoms with E-state index in [2.05, 4.69) is 33.7 Å². The van der Waals surface area contributed by atoms with Crippen LogP contribution in [-0.4, -0.2) is 43.2 Å². The zero-order valence-electron chi connectivity index (χ0n) is 14.5. The average molecular weight is 340 g/mol. The maximum atomic E-state index is 11.8. The Morgan fingerprint density at radius 1 is 1.30 bits per heavy atom. The first kappa shape index (κ1) is 18.4. The summed E-state index contributed by atoms with van der Waals surface area (Å²) in [5, 5.41) is -0.361. The van der Waals surface area contributed by atoms with Gasteiger partial charge in [0.05, 0.1) is 10.9 Å². The van der Waals surface area contributed by atoms with Gasteiger partial charge in [0.2, 0.25) is 10.0 Å². The van der Waals surface area contributed by atoms with E-state index in [0.717, 1.165) is 44.6 Å². The first-order valence-corrected chi connectivity index (χ1v) is 10.1. The lowest BCUT2D eigenvalue weighted by Gasteiger charge is -2.31. The molecule has 1 saturated heterocycles. The van der Waals surface area contributed by atoms with Crippen LogP contribution in [-0.2, 0) is 23.0 Å². The zero-order chi connectivity index (χ0) is 16.9. The molecule has 0 atom stereocenters. The molecule has 0 aliphatic carbocycles. The van der Waals surface area contributed by atoms with E-state index in [0.29, 0.717) is 12.5 Å². The maximum Gasteiger partial charge on any atom is 0.213 e. The highest BCUT2D eigenvalue weighted by molar-refractivity contribution is 7.90. The molecule has 0 bridgehead atoms. The molecule has 6 heteroatoms. The molecule has 0 spiro atoms. The van der Waals surface area contributed by atoms with Crippen LogP contribution in [0.3, 0.4) is 0 Å². The van der Waals surface area contributed by atoms with Gasteiger partial charge in [0, 0.05) is 19.3 Å². The second-order valence-corrected chi connectivity index (χ2v) is 8.99. The molecule has 2 rings (SSSR count). The van der Waals surface area contributed by atoms with Crippen molar-refractivity contribution in [3.8, 4) is 0 Å². The number of aromatic nitrogens is 1. The van der Waals surface area contributed by atoms with Gasteiger partial charge in [-0.3, -0.25) is 9.88 Å². The number of hydrogen-bond donors (Lipinski definition) is 1. The molecule has 23 heavy (non-hydrogen) atoms. The first-order chi connectivity index (χ1) is 10.9. The summed E-state index contributed by atoms with van der Waals surface area (Å²) in [6, 6.07) is 4.26. The minimum Gasteiger partial charge on any atom is -0.297 e. The van der Waals surface area contributed by atoms with Crippen LogP contribution >= 0.6 is 0 Å². The molecule has 1 aromatic rings. The average Bonchev–Trinajstić information content (AvgIpc) is 2.55. The quantitative estimate of drug-likeness (QED) is 0.827. The number of likely N-dealkylation sites (tertiary alicyclic amines) is 1. The van der Waals surface area contributed by atoms with Gasteiger partial charge >= 0.3 is 0 Å². The van der Waals surface area contributed by atoms with Crippen LogP contribution in [0, 0.1) is 5.92 Å². The molecule has 0 saturated carbocycles. The highest BCUT2D eigenvalue weighted by Crippen LogP contribution is 2.18. The Labute approximate surface area is 140 Å². The lowest BCUT2D eigenvalue weighted by atomic mass is 9.97. The number of hydrogen-bond acceptors (Lipinski definition) is 4. The topological polar surface area (TPSA) is 62.3 Å². The molecule has 0 amide bonds. The Morgan fingerprint density at radius 3 is 2.52 bits per heavy atom. The fourth-order valence-corrected chi connectivity index (χ4v) is 3.54. The summed E-state index contributed by atoms with van der Waals surface area (Å²) in [6.07, 6.45) is 5.05. The van der Waals surface area contributed by atoms with Crippen molar-refractivity contribution in [3.05, 3.63) is 29.6 Å². The highest BCUT2D eigenvalue weighted by Gasteiger charge is 2.22. The molecule has 1 aliphatic heterocycles.